The number of benzene rings is 1. The highest BCUT2D eigenvalue weighted by atomic mass is 35.5. The van der Waals surface area contributed by atoms with E-state index in [4.69, 9.17) is 4.74 Å². The number of piperidine rings is 1. The molecule has 0 unspecified atom stereocenters. The number of carbonyl (C=O) groups excluding carboxylic acids is 1. The Labute approximate surface area is 154 Å². The summed E-state index contributed by atoms with van der Waals surface area (Å²) in [4.78, 5) is 16.5. The van der Waals surface area contributed by atoms with Gasteiger partial charge in [0, 0.05) is 41.7 Å². The van der Waals surface area contributed by atoms with E-state index in [1.807, 2.05) is 36.4 Å². The summed E-state index contributed by atoms with van der Waals surface area (Å²) in [6.45, 7) is 3.47. The molecule has 2 heterocycles. The highest BCUT2D eigenvalue weighted by Crippen LogP contribution is 2.22. The zero-order valence-corrected chi connectivity index (χ0v) is 15.1. The van der Waals surface area contributed by atoms with Crippen LogP contribution in [0.3, 0.4) is 0 Å². The SMILES string of the molecule is C[C@H]1C[C@@H](C(=O)Nc2cccc(OCc3cccnc3)c2)CCN1.Cl. The van der Waals surface area contributed by atoms with Crippen molar-refractivity contribution in [1.82, 2.24) is 10.3 Å². The van der Waals surface area contributed by atoms with Crippen LogP contribution in [0.1, 0.15) is 25.3 Å². The molecule has 2 aromatic rings. The Balaban J connectivity index is 0.00000225. The first-order valence-electron chi connectivity index (χ1n) is 8.37. The molecule has 25 heavy (non-hydrogen) atoms. The van der Waals surface area contributed by atoms with Crippen LogP contribution in [0, 0.1) is 5.92 Å². The Hall–Kier alpha value is -2.11. The number of halogens is 1. The number of hydrogen-bond acceptors (Lipinski definition) is 4. The van der Waals surface area contributed by atoms with E-state index < -0.39 is 0 Å². The second kappa shape index (κ2) is 9.39. The van der Waals surface area contributed by atoms with Crippen molar-refractivity contribution in [2.45, 2.75) is 32.4 Å². The number of amides is 1. The second-order valence-corrected chi connectivity index (χ2v) is 6.24. The lowest BCUT2D eigenvalue weighted by Crippen LogP contribution is -2.40. The Morgan fingerprint density at radius 1 is 1.36 bits per heavy atom. The summed E-state index contributed by atoms with van der Waals surface area (Å²) >= 11 is 0. The Bertz CT molecular complexity index is 681. The van der Waals surface area contributed by atoms with Crippen LogP contribution in [0.15, 0.2) is 48.8 Å². The summed E-state index contributed by atoms with van der Waals surface area (Å²) in [6, 6.07) is 11.8. The normalized spacial score (nSPS) is 19.6. The van der Waals surface area contributed by atoms with Crippen LogP contribution in [0.2, 0.25) is 0 Å². The molecule has 2 N–H and O–H groups in total. The summed E-state index contributed by atoms with van der Waals surface area (Å²) in [7, 11) is 0. The number of aromatic nitrogens is 1. The van der Waals surface area contributed by atoms with Gasteiger partial charge in [-0.15, -0.1) is 12.4 Å². The van der Waals surface area contributed by atoms with Crippen LogP contribution in [-0.2, 0) is 11.4 Å². The molecule has 5 nitrogen and oxygen atoms in total. The summed E-state index contributed by atoms with van der Waals surface area (Å²) in [6.07, 6.45) is 5.28. The lowest BCUT2D eigenvalue weighted by atomic mass is 9.92. The number of hydrogen-bond donors (Lipinski definition) is 2. The molecule has 3 rings (SSSR count). The van der Waals surface area contributed by atoms with Crippen molar-refractivity contribution in [2.24, 2.45) is 5.92 Å². The lowest BCUT2D eigenvalue weighted by Gasteiger charge is -2.27. The van der Waals surface area contributed by atoms with Crippen LogP contribution >= 0.6 is 12.4 Å². The highest BCUT2D eigenvalue weighted by molar-refractivity contribution is 5.92. The third-order valence-electron chi connectivity index (χ3n) is 4.22. The van der Waals surface area contributed by atoms with Gasteiger partial charge in [-0.25, -0.2) is 0 Å². The van der Waals surface area contributed by atoms with Crippen LogP contribution in [0.4, 0.5) is 5.69 Å². The monoisotopic (exact) mass is 361 g/mol. The molecular weight excluding hydrogens is 338 g/mol. The maximum absolute atomic E-state index is 12.4. The molecule has 1 saturated heterocycles. The van der Waals surface area contributed by atoms with E-state index in [2.05, 4.69) is 22.5 Å². The molecule has 1 aromatic carbocycles. The van der Waals surface area contributed by atoms with Crippen molar-refractivity contribution in [3.05, 3.63) is 54.4 Å². The molecule has 2 atom stereocenters. The van der Waals surface area contributed by atoms with E-state index in [-0.39, 0.29) is 24.2 Å². The van der Waals surface area contributed by atoms with Crippen molar-refractivity contribution < 1.29 is 9.53 Å². The minimum Gasteiger partial charge on any atom is -0.489 e. The molecular formula is C19H24ClN3O2. The summed E-state index contributed by atoms with van der Waals surface area (Å²) in [5.74, 6) is 0.893. The lowest BCUT2D eigenvalue weighted by molar-refractivity contribution is -0.120. The topological polar surface area (TPSA) is 63.2 Å². The van der Waals surface area contributed by atoms with Crippen molar-refractivity contribution >= 4 is 24.0 Å². The number of ether oxygens (including phenoxy) is 1. The molecule has 0 aliphatic carbocycles. The molecule has 0 spiro atoms. The summed E-state index contributed by atoms with van der Waals surface area (Å²) < 4.78 is 5.78. The van der Waals surface area contributed by atoms with Gasteiger partial charge in [0.2, 0.25) is 5.91 Å². The number of carbonyl (C=O) groups is 1. The average Bonchev–Trinajstić information content (AvgIpc) is 2.61. The van der Waals surface area contributed by atoms with Crippen LogP contribution < -0.4 is 15.4 Å². The third-order valence-corrected chi connectivity index (χ3v) is 4.22. The van der Waals surface area contributed by atoms with Gasteiger partial charge in [0.05, 0.1) is 0 Å². The van der Waals surface area contributed by atoms with Gasteiger partial charge >= 0.3 is 0 Å². The second-order valence-electron chi connectivity index (χ2n) is 6.24. The van der Waals surface area contributed by atoms with Gasteiger partial charge in [0.15, 0.2) is 0 Å². The van der Waals surface area contributed by atoms with Gasteiger partial charge in [-0.1, -0.05) is 12.1 Å². The molecule has 0 saturated carbocycles. The average molecular weight is 362 g/mol. The quantitative estimate of drug-likeness (QED) is 0.856. The summed E-state index contributed by atoms with van der Waals surface area (Å²) in [5, 5.41) is 6.38. The first kappa shape index (κ1) is 19.2. The van der Waals surface area contributed by atoms with Crippen LogP contribution in [0.5, 0.6) is 5.75 Å². The maximum atomic E-state index is 12.4. The molecule has 1 aliphatic rings. The van der Waals surface area contributed by atoms with Crippen molar-refractivity contribution in [1.29, 1.82) is 0 Å². The van der Waals surface area contributed by atoms with E-state index in [1.54, 1.807) is 12.4 Å². The Morgan fingerprint density at radius 2 is 2.24 bits per heavy atom. The van der Waals surface area contributed by atoms with Crippen molar-refractivity contribution in [2.75, 3.05) is 11.9 Å². The first-order valence-corrected chi connectivity index (χ1v) is 8.37. The van der Waals surface area contributed by atoms with Gasteiger partial charge in [0.1, 0.15) is 12.4 Å². The fraction of sp³-hybridized carbons (Fsp3) is 0.368. The van der Waals surface area contributed by atoms with E-state index in [0.29, 0.717) is 12.6 Å². The minimum absolute atomic E-state index is 0. The minimum atomic E-state index is 0. The molecule has 0 radical (unpaired) electrons. The van der Waals surface area contributed by atoms with Crippen molar-refractivity contribution in [3.8, 4) is 5.75 Å². The van der Waals surface area contributed by atoms with Gasteiger partial charge < -0.3 is 15.4 Å². The van der Waals surface area contributed by atoms with Gasteiger partial charge in [-0.05, 0) is 44.5 Å². The zero-order chi connectivity index (χ0) is 16.8. The molecule has 1 amide bonds. The van der Waals surface area contributed by atoms with E-state index in [9.17, 15) is 4.79 Å². The smallest absolute Gasteiger partial charge is 0.227 e. The molecule has 6 heteroatoms. The standard InChI is InChI=1S/C19H23N3O2.ClH/c1-14-10-16(7-9-21-14)19(23)22-17-5-2-6-18(11-17)24-13-15-4-3-8-20-12-15;/h2-6,8,11-12,14,16,21H,7,9-10,13H2,1H3,(H,22,23);1H/t14-,16-;/m0./s1. The molecule has 0 bridgehead atoms. The predicted molar refractivity (Wildman–Crippen MR) is 101 cm³/mol. The first-order chi connectivity index (χ1) is 11.7. The van der Waals surface area contributed by atoms with E-state index >= 15 is 0 Å². The van der Waals surface area contributed by atoms with Gasteiger partial charge in [-0.2, -0.15) is 0 Å². The predicted octanol–water partition coefficient (Wildman–Crippen LogP) is 3.41. The van der Waals surface area contributed by atoms with E-state index in [1.165, 1.54) is 0 Å². The highest BCUT2D eigenvalue weighted by Gasteiger charge is 2.24. The summed E-state index contributed by atoms with van der Waals surface area (Å²) in [5.41, 5.74) is 1.78. The number of nitrogens with zero attached hydrogens (tertiary/aromatic N) is 1. The largest absolute Gasteiger partial charge is 0.489 e. The van der Waals surface area contributed by atoms with Crippen LogP contribution in [-0.4, -0.2) is 23.5 Å². The number of nitrogens with one attached hydrogen (secondary N) is 2. The number of rotatable bonds is 5. The third kappa shape index (κ3) is 5.73. The van der Waals surface area contributed by atoms with Gasteiger partial charge in [-0.3, -0.25) is 9.78 Å². The Morgan fingerprint density at radius 3 is 3.00 bits per heavy atom. The van der Waals surface area contributed by atoms with Crippen LogP contribution in [0.25, 0.3) is 0 Å². The van der Waals surface area contributed by atoms with Crippen molar-refractivity contribution in [3.63, 3.8) is 0 Å². The molecule has 1 aromatic heterocycles. The fourth-order valence-corrected chi connectivity index (χ4v) is 2.93. The molecule has 134 valence electrons. The fourth-order valence-electron chi connectivity index (χ4n) is 2.93. The zero-order valence-electron chi connectivity index (χ0n) is 14.3. The Kier molecular flexibility index (Phi) is 7.22. The van der Waals surface area contributed by atoms with Gasteiger partial charge in [0.25, 0.3) is 0 Å². The molecule has 1 aliphatic heterocycles. The van der Waals surface area contributed by atoms with E-state index in [0.717, 1.165) is 36.4 Å². The number of anilines is 1. The maximum Gasteiger partial charge on any atom is 0.227 e. The molecule has 1 fully saturated rings. The number of pyridine rings is 1.